The van der Waals surface area contributed by atoms with Crippen LogP contribution in [0, 0.1) is 17.7 Å². The number of para-hydroxylation sites is 1. The third-order valence-electron chi connectivity index (χ3n) is 6.13. The van der Waals surface area contributed by atoms with Gasteiger partial charge in [-0.15, -0.1) is 0 Å². The smallest absolute Gasteiger partial charge is 0.303 e. The van der Waals surface area contributed by atoms with Crippen LogP contribution < -0.4 is 4.74 Å². The number of aliphatic hydroxyl groups excluding tert-OH is 3. The van der Waals surface area contributed by atoms with E-state index in [-0.39, 0.29) is 36.8 Å². The Morgan fingerprint density at radius 3 is 2.53 bits per heavy atom. The van der Waals surface area contributed by atoms with E-state index >= 15 is 0 Å². The maximum absolute atomic E-state index is 14.0. The predicted octanol–water partition coefficient (Wildman–Crippen LogP) is 4.07. The third kappa shape index (κ3) is 7.87. The second-order valence-electron chi connectivity index (χ2n) is 9.04. The van der Waals surface area contributed by atoms with Crippen molar-refractivity contribution >= 4 is 5.97 Å². The molecule has 180 valence electrons. The molecule has 0 amide bonds. The van der Waals surface area contributed by atoms with Crippen molar-refractivity contribution in [2.45, 2.75) is 89.6 Å². The lowest BCUT2D eigenvalue weighted by Crippen LogP contribution is -2.36. The van der Waals surface area contributed by atoms with Crippen molar-refractivity contribution in [3.8, 4) is 5.75 Å². The van der Waals surface area contributed by atoms with Gasteiger partial charge >= 0.3 is 5.97 Å². The number of aliphatic hydroxyl groups is 3. The summed E-state index contributed by atoms with van der Waals surface area (Å²) in [5.41, 5.74) is 0.732. The van der Waals surface area contributed by atoms with Crippen molar-refractivity contribution in [1.82, 2.24) is 0 Å². The molecule has 1 aliphatic rings. The Kier molecular flexibility index (Phi) is 10.6. The molecule has 3 unspecified atom stereocenters. The molecule has 2 rings (SSSR count). The fourth-order valence-corrected chi connectivity index (χ4v) is 4.38. The first-order chi connectivity index (χ1) is 15.2. The van der Waals surface area contributed by atoms with Gasteiger partial charge in [0.2, 0.25) is 0 Å². The normalized spacial score (nSPS) is 24.1. The number of carboxylic acid groups (broad SMARTS) is 1. The van der Waals surface area contributed by atoms with Crippen LogP contribution in [0.1, 0.15) is 65.2 Å². The number of carboxylic acids is 1. The van der Waals surface area contributed by atoms with Crippen molar-refractivity contribution in [2.24, 2.45) is 11.8 Å². The molecule has 0 aromatic heterocycles. The second-order valence-corrected chi connectivity index (χ2v) is 9.04. The average molecular weight is 453 g/mol. The highest BCUT2D eigenvalue weighted by molar-refractivity contribution is 5.66. The summed E-state index contributed by atoms with van der Waals surface area (Å²) < 4.78 is 19.8. The number of hydrogen-bond acceptors (Lipinski definition) is 5. The first-order valence-electron chi connectivity index (χ1n) is 11.6. The van der Waals surface area contributed by atoms with Crippen LogP contribution >= 0.6 is 0 Å². The quantitative estimate of drug-likeness (QED) is 0.265. The highest BCUT2D eigenvalue weighted by Crippen LogP contribution is 2.36. The summed E-state index contributed by atoms with van der Waals surface area (Å²) in [7, 11) is 0. The van der Waals surface area contributed by atoms with Crippen LogP contribution in [-0.2, 0) is 4.79 Å². The molecule has 0 radical (unpaired) electrons. The molecule has 0 spiro atoms. The molecule has 6 nitrogen and oxygen atoms in total. The molecule has 32 heavy (non-hydrogen) atoms. The Bertz CT molecular complexity index is 750. The number of aliphatic carboxylic acids is 1. The van der Waals surface area contributed by atoms with Gasteiger partial charge in [0.1, 0.15) is 6.10 Å². The van der Waals surface area contributed by atoms with Gasteiger partial charge in [-0.3, -0.25) is 4.79 Å². The van der Waals surface area contributed by atoms with Gasteiger partial charge in [-0.25, -0.2) is 4.39 Å². The van der Waals surface area contributed by atoms with E-state index < -0.39 is 36.2 Å². The number of hydrogen-bond donors (Lipinski definition) is 4. The number of unbranched alkanes of at least 4 members (excludes halogenated alkanes) is 3. The van der Waals surface area contributed by atoms with Crippen molar-refractivity contribution < 1.29 is 34.3 Å². The van der Waals surface area contributed by atoms with Gasteiger partial charge in [0.25, 0.3) is 0 Å². The highest BCUT2D eigenvalue weighted by atomic mass is 19.1. The Hall–Kier alpha value is -1.96. The largest absolute Gasteiger partial charge is 0.484 e. The molecule has 1 aromatic carbocycles. The van der Waals surface area contributed by atoms with Crippen LogP contribution in [0.15, 0.2) is 35.9 Å². The number of ether oxygens (including phenoxy) is 1. The lowest BCUT2D eigenvalue weighted by Gasteiger charge is -2.27. The Balaban J connectivity index is 1.96. The van der Waals surface area contributed by atoms with Crippen molar-refractivity contribution in [2.75, 3.05) is 0 Å². The first-order valence-corrected chi connectivity index (χ1v) is 11.6. The van der Waals surface area contributed by atoms with Crippen LogP contribution in [0.3, 0.4) is 0 Å². The Morgan fingerprint density at radius 1 is 1.19 bits per heavy atom. The highest BCUT2D eigenvalue weighted by Gasteiger charge is 2.36. The molecule has 0 heterocycles. The minimum Gasteiger partial charge on any atom is -0.484 e. The average Bonchev–Trinajstić information content (AvgIpc) is 3.00. The van der Waals surface area contributed by atoms with Crippen LogP contribution in [-0.4, -0.2) is 50.8 Å². The predicted molar refractivity (Wildman–Crippen MR) is 120 cm³/mol. The monoisotopic (exact) mass is 452 g/mol. The van der Waals surface area contributed by atoms with Crippen LogP contribution in [0.4, 0.5) is 4.39 Å². The van der Waals surface area contributed by atoms with Gasteiger partial charge in [0.15, 0.2) is 11.6 Å². The summed E-state index contributed by atoms with van der Waals surface area (Å²) >= 11 is 0. The summed E-state index contributed by atoms with van der Waals surface area (Å²) in [6.07, 6.45) is 3.40. The number of rotatable bonds is 13. The van der Waals surface area contributed by atoms with Crippen molar-refractivity contribution in [3.05, 3.63) is 41.7 Å². The minimum absolute atomic E-state index is 0.0660. The van der Waals surface area contributed by atoms with Gasteiger partial charge in [0.05, 0.1) is 18.3 Å². The van der Waals surface area contributed by atoms with E-state index in [4.69, 9.17) is 9.84 Å². The zero-order chi connectivity index (χ0) is 23.7. The zero-order valence-electron chi connectivity index (χ0n) is 19.0. The van der Waals surface area contributed by atoms with E-state index in [1.54, 1.807) is 18.2 Å². The summed E-state index contributed by atoms with van der Waals surface area (Å²) in [4.78, 5) is 10.6. The molecule has 1 saturated carbocycles. The van der Waals surface area contributed by atoms with E-state index in [0.717, 1.165) is 24.8 Å². The summed E-state index contributed by atoms with van der Waals surface area (Å²) in [5, 5.41) is 40.3. The van der Waals surface area contributed by atoms with Crippen molar-refractivity contribution in [1.29, 1.82) is 0 Å². The van der Waals surface area contributed by atoms with Gasteiger partial charge < -0.3 is 25.2 Å². The Labute approximate surface area is 189 Å². The fourth-order valence-electron chi connectivity index (χ4n) is 4.38. The van der Waals surface area contributed by atoms with E-state index in [2.05, 4.69) is 0 Å². The lowest BCUT2D eigenvalue weighted by atomic mass is 9.91. The van der Waals surface area contributed by atoms with Gasteiger partial charge in [0, 0.05) is 18.8 Å². The van der Waals surface area contributed by atoms with E-state index in [9.17, 15) is 24.5 Å². The maximum Gasteiger partial charge on any atom is 0.303 e. The number of carbonyl (C=O) groups is 1. The van der Waals surface area contributed by atoms with Crippen molar-refractivity contribution in [3.63, 3.8) is 0 Å². The SMILES string of the molecule is CC(C)C(Oc1ccccc1F)C(O)C/C=C1\C(CCCCCCC(=O)O)[C@@H](O)C[C@H]1O. The molecule has 7 heteroatoms. The zero-order valence-corrected chi connectivity index (χ0v) is 19.0. The number of halogens is 1. The van der Waals surface area contributed by atoms with Crippen LogP contribution in [0.2, 0.25) is 0 Å². The number of benzene rings is 1. The molecule has 0 bridgehead atoms. The first kappa shape index (κ1) is 26.3. The molecule has 1 aromatic rings. The third-order valence-corrected chi connectivity index (χ3v) is 6.13. The lowest BCUT2D eigenvalue weighted by molar-refractivity contribution is -0.137. The molecule has 5 atom stereocenters. The topological polar surface area (TPSA) is 107 Å². The summed E-state index contributed by atoms with van der Waals surface area (Å²) in [5.74, 6) is -1.43. The molecule has 0 aliphatic heterocycles. The van der Waals surface area contributed by atoms with Crippen LogP contribution in [0.5, 0.6) is 5.75 Å². The fraction of sp³-hybridized carbons (Fsp3) is 0.640. The van der Waals surface area contributed by atoms with Crippen LogP contribution in [0.25, 0.3) is 0 Å². The van der Waals surface area contributed by atoms with E-state index in [1.165, 1.54) is 12.1 Å². The van der Waals surface area contributed by atoms with Gasteiger partial charge in [-0.1, -0.05) is 51.3 Å². The molecule has 1 fully saturated rings. The van der Waals surface area contributed by atoms with Gasteiger partial charge in [-0.2, -0.15) is 0 Å². The maximum atomic E-state index is 14.0. The van der Waals surface area contributed by atoms with E-state index in [1.807, 2.05) is 13.8 Å². The van der Waals surface area contributed by atoms with Gasteiger partial charge in [-0.05, 0) is 42.9 Å². The minimum atomic E-state index is -0.899. The molecular formula is C25H37FO6. The summed E-state index contributed by atoms with van der Waals surface area (Å²) in [6.45, 7) is 3.78. The Morgan fingerprint density at radius 2 is 1.88 bits per heavy atom. The second kappa shape index (κ2) is 12.9. The molecule has 1 aliphatic carbocycles. The molecule has 0 saturated heterocycles. The summed E-state index contributed by atoms with van der Waals surface area (Å²) in [6, 6.07) is 6.09. The van der Waals surface area contributed by atoms with E-state index in [0.29, 0.717) is 12.8 Å². The standard InChI is InChI=1S/C25H37FO6/c1-16(2)25(32-23-11-8-7-10-19(23)26)20(27)14-13-18-17(21(28)15-22(18)29)9-5-3-4-6-12-24(30)31/h7-8,10-11,13,16-17,20-22,25,27-29H,3-6,9,12,14-15H2,1-2H3,(H,30,31)/b18-13+/t17?,20?,21-,22+,25?/m0/s1. The molecule has 4 N–H and O–H groups in total. The molecular weight excluding hydrogens is 415 g/mol.